The molecule has 0 saturated carbocycles. The minimum atomic E-state index is -0.00983. The minimum absolute atomic E-state index is 0.00983. The number of fused-ring (bicyclic) bond motifs is 1. The van der Waals surface area contributed by atoms with Crippen molar-refractivity contribution in [1.82, 2.24) is 5.32 Å². The van der Waals surface area contributed by atoms with Gasteiger partial charge in [-0.25, -0.2) is 0 Å². The molecule has 0 unspecified atom stereocenters. The summed E-state index contributed by atoms with van der Waals surface area (Å²) in [6.45, 7) is 1.88. The first-order valence-electron chi connectivity index (χ1n) is 8.53. The third kappa shape index (κ3) is 4.66. The Morgan fingerprint density at radius 3 is 2.76 bits per heavy atom. The van der Waals surface area contributed by atoms with Crippen molar-refractivity contribution in [2.24, 2.45) is 0 Å². The van der Waals surface area contributed by atoms with Crippen molar-refractivity contribution in [3.05, 3.63) is 53.6 Å². The van der Waals surface area contributed by atoms with E-state index in [1.54, 1.807) is 7.11 Å². The fourth-order valence-corrected chi connectivity index (χ4v) is 2.81. The van der Waals surface area contributed by atoms with Crippen molar-refractivity contribution < 1.29 is 19.0 Å². The topological polar surface area (TPSA) is 56.8 Å². The van der Waals surface area contributed by atoms with Crippen LogP contribution in [0.5, 0.6) is 17.2 Å². The van der Waals surface area contributed by atoms with Gasteiger partial charge in [-0.3, -0.25) is 4.79 Å². The van der Waals surface area contributed by atoms with Gasteiger partial charge in [0, 0.05) is 13.0 Å². The van der Waals surface area contributed by atoms with Gasteiger partial charge in [0.2, 0.25) is 5.91 Å². The number of benzene rings is 2. The molecule has 1 amide bonds. The average molecular weight is 341 g/mol. The van der Waals surface area contributed by atoms with Crippen molar-refractivity contribution in [1.29, 1.82) is 0 Å². The standard InChI is InChI=1S/C20H23NO4/c1-23-17-6-3-2-5-16(17)9-10-21-20(22)14-15-7-8-18-19(13-15)25-12-4-11-24-18/h2-3,5-8,13H,4,9-12,14H2,1H3,(H,21,22). The normalized spacial score (nSPS) is 13.0. The average Bonchev–Trinajstić information content (AvgIpc) is 2.87. The number of para-hydroxylation sites is 1. The Balaban J connectivity index is 1.52. The molecule has 1 N–H and O–H groups in total. The maximum absolute atomic E-state index is 12.2. The van der Waals surface area contributed by atoms with E-state index in [0.717, 1.165) is 41.2 Å². The number of amides is 1. The molecule has 0 bridgehead atoms. The lowest BCUT2D eigenvalue weighted by Crippen LogP contribution is -2.27. The molecule has 25 heavy (non-hydrogen) atoms. The molecule has 0 aliphatic carbocycles. The summed E-state index contributed by atoms with van der Waals surface area (Å²) in [4.78, 5) is 12.2. The summed E-state index contributed by atoms with van der Waals surface area (Å²) in [5.74, 6) is 2.30. The van der Waals surface area contributed by atoms with E-state index in [-0.39, 0.29) is 5.91 Å². The summed E-state index contributed by atoms with van der Waals surface area (Å²) in [6, 6.07) is 13.5. The van der Waals surface area contributed by atoms with E-state index in [1.807, 2.05) is 42.5 Å². The monoisotopic (exact) mass is 341 g/mol. The molecule has 1 aliphatic rings. The Kier molecular flexibility index (Phi) is 5.77. The van der Waals surface area contributed by atoms with Crippen molar-refractivity contribution >= 4 is 5.91 Å². The van der Waals surface area contributed by atoms with Crippen LogP contribution in [0, 0.1) is 0 Å². The number of methoxy groups -OCH3 is 1. The molecule has 0 aromatic heterocycles. The maximum Gasteiger partial charge on any atom is 0.224 e. The highest BCUT2D eigenvalue weighted by molar-refractivity contribution is 5.78. The molecule has 0 spiro atoms. The van der Waals surface area contributed by atoms with E-state index in [2.05, 4.69) is 5.32 Å². The second-order valence-corrected chi connectivity index (χ2v) is 5.92. The van der Waals surface area contributed by atoms with Gasteiger partial charge in [-0.1, -0.05) is 24.3 Å². The van der Waals surface area contributed by atoms with Crippen molar-refractivity contribution in [3.8, 4) is 17.2 Å². The number of hydrogen-bond acceptors (Lipinski definition) is 4. The fourth-order valence-electron chi connectivity index (χ4n) is 2.81. The van der Waals surface area contributed by atoms with Gasteiger partial charge < -0.3 is 19.5 Å². The molecule has 3 rings (SSSR count). The molecule has 2 aromatic carbocycles. The van der Waals surface area contributed by atoms with Crippen molar-refractivity contribution in [2.45, 2.75) is 19.3 Å². The van der Waals surface area contributed by atoms with Gasteiger partial charge in [-0.15, -0.1) is 0 Å². The van der Waals surface area contributed by atoms with Crippen LogP contribution in [-0.2, 0) is 17.6 Å². The van der Waals surface area contributed by atoms with E-state index < -0.39 is 0 Å². The quantitative estimate of drug-likeness (QED) is 0.878. The van der Waals surface area contributed by atoms with Gasteiger partial charge in [-0.2, -0.15) is 0 Å². The predicted molar refractivity (Wildman–Crippen MR) is 95.5 cm³/mol. The fraction of sp³-hybridized carbons (Fsp3) is 0.350. The largest absolute Gasteiger partial charge is 0.496 e. The second-order valence-electron chi connectivity index (χ2n) is 5.92. The molecule has 5 heteroatoms. The lowest BCUT2D eigenvalue weighted by atomic mass is 10.1. The van der Waals surface area contributed by atoms with E-state index in [1.165, 1.54) is 0 Å². The van der Waals surface area contributed by atoms with Gasteiger partial charge in [0.1, 0.15) is 5.75 Å². The Hall–Kier alpha value is -2.69. The zero-order valence-electron chi connectivity index (χ0n) is 14.4. The lowest BCUT2D eigenvalue weighted by Gasteiger charge is -2.11. The molecule has 0 saturated heterocycles. The number of carbonyl (C=O) groups excluding carboxylic acids is 1. The van der Waals surface area contributed by atoms with Crippen LogP contribution in [0.15, 0.2) is 42.5 Å². The molecule has 2 aromatic rings. The summed E-state index contributed by atoms with van der Waals surface area (Å²) in [7, 11) is 1.65. The third-order valence-electron chi connectivity index (χ3n) is 4.09. The van der Waals surface area contributed by atoms with Crippen LogP contribution < -0.4 is 19.5 Å². The molecule has 5 nitrogen and oxygen atoms in total. The molecule has 132 valence electrons. The van der Waals surface area contributed by atoms with E-state index >= 15 is 0 Å². The third-order valence-corrected chi connectivity index (χ3v) is 4.09. The Labute approximate surface area is 147 Å². The maximum atomic E-state index is 12.2. The van der Waals surface area contributed by atoms with Crippen LogP contribution in [0.4, 0.5) is 0 Å². The van der Waals surface area contributed by atoms with Gasteiger partial charge in [0.15, 0.2) is 11.5 Å². The smallest absolute Gasteiger partial charge is 0.224 e. The molecule has 0 radical (unpaired) electrons. The van der Waals surface area contributed by atoms with E-state index in [0.29, 0.717) is 26.2 Å². The molecule has 1 heterocycles. The van der Waals surface area contributed by atoms with Crippen LogP contribution in [0.1, 0.15) is 17.5 Å². The second kappa shape index (κ2) is 8.42. The number of ether oxygens (including phenoxy) is 3. The van der Waals surface area contributed by atoms with Crippen molar-refractivity contribution in [3.63, 3.8) is 0 Å². The summed E-state index contributed by atoms with van der Waals surface area (Å²) in [6.07, 6.45) is 1.92. The van der Waals surface area contributed by atoms with Crippen LogP contribution in [0.2, 0.25) is 0 Å². The van der Waals surface area contributed by atoms with Gasteiger partial charge in [-0.05, 0) is 35.7 Å². The van der Waals surface area contributed by atoms with Gasteiger partial charge in [0.25, 0.3) is 0 Å². The summed E-state index contributed by atoms with van der Waals surface area (Å²) in [5.41, 5.74) is 2.00. The van der Waals surface area contributed by atoms with Gasteiger partial charge >= 0.3 is 0 Å². The molecular formula is C20H23NO4. The highest BCUT2D eigenvalue weighted by Gasteiger charge is 2.12. The number of carbonyl (C=O) groups is 1. The van der Waals surface area contributed by atoms with Crippen LogP contribution >= 0.6 is 0 Å². The van der Waals surface area contributed by atoms with Crippen LogP contribution in [0.3, 0.4) is 0 Å². The number of nitrogens with one attached hydrogen (secondary N) is 1. The van der Waals surface area contributed by atoms with Crippen LogP contribution in [-0.4, -0.2) is 32.8 Å². The Bertz CT molecular complexity index is 729. The Morgan fingerprint density at radius 2 is 1.92 bits per heavy atom. The van der Waals surface area contributed by atoms with E-state index in [9.17, 15) is 4.79 Å². The summed E-state index contributed by atoms with van der Waals surface area (Å²) in [5, 5.41) is 2.96. The predicted octanol–water partition coefficient (Wildman–Crippen LogP) is 2.76. The van der Waals surface area contributed by atoms with Gasteiger partial charge in [0.05, 0.1) is 26.7 Å². The number of rotatable bonds is 6. The first kappa shape index (κ1) is 17.1. The highest BCUT2D eigenvalue weighted by Crippen LogP contribution is 2.30. The lowest BCUT2D eigenvalue weighted by molar-refractivity contribution is -0.120. The van der Waals surface area contributed by atoms with Crippen LogP contribution in [0.25, 0.3) is 0 Å². The molecule has 0 atom stereocenters. The number of hydrogen-bond donors (Lipinski definition) is 1. The SMILES string of the molecule is COc1ccccc1CCNC(=O)Cc1ccc2c(c1)OCCCO2. The first-order chi connectivity index (χ1) is 12.3. The molecule has 1 aliphatic heterocycles. The Morgan fingerprint density at radius 1 is 1.12 bits per heavy atom. The minimum Gasteiger partial charge on any atom is -0.496 e. The summed E-state index contributed by atoms with van der Waals surface area (Å²) < 4.78 is 16.6. The highest BCUT2D eigenvalue weighted by atomic mass is 16.5. The molecule has 0 fully saturated rings. The summed E-state index contributed by atoms with van der Waals surface area (Å²) >= 11 is 0. The zero-order chi connectivity index (χ0) is 17.5. The zero-order valence-corrected chi connectivity index (χ0v) is 14.4. The van der Waals surface area contributed by atoms with E-state index in [4.69, 9.17) is 14.2 Å². The molecular weight excluding hydrogens is 318 g/mol. The van der Waals surface area contributed by atoms with Crippen molar-refractivity contribution in [2.75, 3.05) is 26.9 Å². The first-order valence-corrected chi connectivity index (χ1v) is 8.53.